The van der Waals surface area contributed by atoms with Crippen LogP contribution in [0, 0.1) is 6.92 Å². The topological polar surface area (TPSA) is 84.4 Å². The fourth-order valence-electron chi connectivity index (χ4n) is 3.93. The monoisotopic (exact) mass is 430 g/mol. The molecule has 0 spiro atoms. The molecule has 0 unspecified atom stereocenters. The standard InChI is InChI=1S/C28H22N4O/c1-18-11-13-21(14-12-18)24-17-23(20-8-3-2-4-9-20)30-28(31-24)27(32-29)26-22-10-6-5-7-19(22)15-16-25(26)33/h2-17,33H,29H2,1H3/b32-27+. The molecule has 1 aromatic heterocycles. The van der Waals surface area contributed by atoms with Gasteiger partial charge in [0, 0.05) is 11.1 Å². The third-order valence-corrected chi connectivity index (χ3v) is 5.63. The number of nitrogens with zero attached hydrogens (tertiary/aromatic N) is 3. The van der Waals surface area contributed by atoms with Crippen molar-refractivity contribution < 1.29 is 5.11 Å². The summed E-state index contributed by atoms with van der Waals surface area (Å²) in [7, 11) is 0. The lowest BCUT2D eigenvalue weighted by Crippen LogP contribution is -2.13. The van der Waals surface area contributed by atoms with E-state index in [9.17, 15) is 5.11 Å². The van der Waals surface area contributed by atoms with Crippen LogP contribution in [0.15, 0.2) is 102 Å². The number of aromatic hydroxyl groups is 1. The van der Waals surface area contributed by atoms with Crippen LogP contribution in [0.3, 0.4) is 0 Å². The van der Waals surface area contributed by atoms with Crippen molar-refractivity contribution in [2.45, 2.75) is 6.92 Å². The molecule has 4 aromatic carbocycles. The summed E-state index contributed by atoms with van der Waals surface area (Å²) in [5, 5.41) is 16.6. The van der Waals surface area contributed by atoms with Gasteiger partial charge in [0.05, 0.1) is 17.0 Å². The minimum atomic E-state index is 0.0727. The second-order valence-corrected chi connectivity index (χ2v) is 7.85. The van der Waals surface area contributed by atoms with E-state index in [0.717, 1.165) is 33.3 Å². The largest absolute Gasteiger partial charge is 0.507 e. The Hall–Kier alpha value is -4.51. The van der Waals surface area contributed by atoms with E-state index in [-0.39, 0.29) is 5.75 Å². The summed E-state index contributed by atoms with van der Waals surface area (Å²) >= 11 is 0. The first-order valence-corrected chi connectivity index (χ1v) is 10.6. The minimum absolute atomic E-state index is 0.0727. The molecule has 5 rings (SSSR count). The first kappa shape index (κ1) is 20.4. The number of fused-ring (bicyclic) bond motifs is 1. The Kier molecular flexibility index (Phi) is 5.29. The van der Waals surface area contributed by atoms with E-state index >= 15 is 0 Å². The highest BCUT2D eigenvalue weighted by molar-refractivity contribution is 6.19. The lowest BCUT2D eigenvalue weighted by atomic mass is 9.98. The minimum Gasteiger partial charge on any atom is -0.507 e. The first-order valence-electron chi connectivity index (χ1n) is 10.6. The van der Waals surface area contributed by atoms with Crippen molar-refractivity contribution in [3.05, 3.63) is 114 Å². The van der Waals surface area contributed by atoms with Crippen LogP contribution in [0.4, 0.5) is 0 Å². The van der Waals surface area contributed by atoms with E-state index in [1.165, 1.54) is 5.56 Å². The fourth-order valence-corrected chi connectivity index (χ4v) is 3.93. The highest BCUT2D eigenvalue weighted by Gasteiger charge is 2.20. The molecule has 0 aliphatic carbocycles. The van der Waals surface area contributed by atoms with Gasteiger partial charge in [0.15, 0.2) is 5.82 Å². The Bertz CT molecular complexity index is 1480. The third kappa shape index (κ3) is 3.92. The number of nitrogens with two attached hydrogens (primary N) is 1. The van der Waals surface area contributed by atoms with Crippen molar-refractivity contribution >= 4 is 16.5 Å². The molecule has 5 aromatic rings. The first-order chi connectivity index (χ1) is 16.1. The number of phenols is 1. The molecule has 0 radical (unpaired) electrons. The molecule has 0 saturated heterocycles. The van der Waals surface area contributed by atoms with Gasteiger partial charge in [-0.15, -0.1) is 0 Å². The van der Waals surface area contributed by atoms with Crippen LogP contribution in [0.2, 0.25) is 0 Å². The van der Waals surface area contributed by atoms with E-state index in [2.05, 4.69) is 5.10 Å². The molecule has 33 heavy (non-hydrogen) atoms. The van der Waals surface area contributed by atoms with Gasteiger partial charge in [0.2, 0.25) is 0 Å². The smallest absolute Gasteiger partial charge is 0.181 e. The van der Waals surface area contributed by atoms with Gasteiger partial charge in [0.25, 0.3) is 0 Å². The van der Waals surface area contributed by atoms with Crippen LogP contribution in [0.1, 0.15) is 17.0 Å². The van der Waals surface area contributed by atoms with Crippen molar-refractivity contribution in [2.24, 2.45) is 10.9 Å². The summed E-state index contributed by atoms with van der Waals surface area (Å²) in [4.78, 5) is 9.63. The molecule has 5 nitrogen and oxygen atoms in total. The molecule has 0 bridgehead atoms. The van der Waals surface area contributed by atoms with E-state index in [1.807, 2.05) is 97.9 Å². The van der Waals surface area contributed by atoms with Gasteiger partial charge in [-0.3, -0.25) is 0 Å². The number of hydrazone groups is 1. The molecular formula is C28H22N4O. The van der Waals surface area contributed by atoms with Crippen molar-refractivity contribution in [1.29, 1.82) is 0 Å². The Morgan fingerprint density at radius 2 is 1.39 bits per heavy atom. The molecule has 0 aliphatic heterocycles. The van der Waals surface area contributed by atoms with E-state index in [0.29, 0.717) is 17.1 Å². The number of aryl methyl sites for hydroxylation is 1. The summed E-state index contributed by atoms with van der Waals surface area (Å²) in [6.07, 6.45) is 0. The molecule has 160 valence electrons. The zero-order valence-electron chi connectivity index (χ0n) is 18.1. The van der Waals surface area contributed by atoms with Gasteiger partial charge in [-0.1, -0.05) is 90.5 Å². The average Bonchev–Trinajstić information content (AvgIpc) is 2.86. The third-order valence-electron chi connectivity index (χ3n) is 5.63. The van der Waals surface area contributed by atoms with Crippen LogP contribution in [0.5, 0.6) is 5.75 Å². The number of benzene rings is 4. The maximum atomic E-state index is 10.8. The summed E-state index contributed by atoms with van der Waals surface area (Å²) in [5.74, 6) is 6.31. The van der Waals surface area contributed by atoms with Crippen LogP contribution in [-0.2, 0) is 0 Å². The molecule has 0 atom stereocenters. The van der Waals surface area contributed by atoms with Crippen molar-refractivity contribution in [3.63, 3.8) is 0 Å². The molecule has 3 N–H and O–H groups in total. The van der Waals surface area contributed by atoms with Gasteiger partial charge in [-0.25, -0.2) is 9.97 Å². The van der Waals surface area contributed by atoms with Crippen molar-refractivity contribution in [2.75, 3.05) is 0 Å². The number of hydrogen-bond donors (Lipinski definition) is 2. The predicted molar refractivity (Wildman–Crippen MR) is 133 cm³/mol. The normalized spacial score (nSPS) is 11.6. The summed E-state index contributed by atoms with van der Waals surface area (Å²) in [6, 6.07) is 31.3. The zero-order chi connectivity index (χ0) is 22.8. The highest BCUT2D eigenvalue weighted by atomic mass is 16.3. The number of hydrogen-bond acceptors (Lipinski definition) is 5. The summed E-state index contributed by atoms with van der Waals surface area (Å²) in [5.41, 5.74) is 5.41. The maximum Gasteiger partial charge on any atom is 0.181 e. The van der Waals surface area contributed by atoms with Crippen LogP contribution >= 0.6 is 0 Å². The van der Waals surface area contributed by atoms with Gasteiger partial charge >= 0.3 is 0 Å². The maximum absolute atomic E-state index is 10.8. The SMILES string of the molecule is Cc1ccc(-c2cc(-c3ccccc3)nc(/C(=N/N)c3c(O)ccc4ccccc34)n2)cc1. The van der Waals surface area contributed by atoms with Crippen LogP contribution < -0.4 is 5.84 Å². The number of phenolic OH excluding ortho intramolecular Hbond substituents is 1. The average molecular weight is 431 g/mol. The lowest BCUT2D eigenvalue weighted by molar-refractivity contribution is 0.475. The molecule has 0 amide bonds. The Morgan fingerprint density at radius 3 is 2.09 bits per heavy atom. The number of aromatic nitrogens is 2. The Balaban J connectivity index is 1.76. The van der Waals surface area contributed by atoms with Gasteiger partial charge < -0.3 is 10.9 Å². The molecule has 1 heterocycles. The molecule has 0 fully saturated rings. The molecule has 0 aliphatic rings. The van der Waals surface area contributed by atoms with Crippen molar-refractivity contribution in [1.82, 2.24) is 9.97 Å². The quantitative estimate of drug-likeness (QED) is 0.218. The Morgan fingerprint density at radius 1 is 0.758 bits per heavy atom. The second kappa shape index (κ2) is 8.55. The Labute approximate surface area is 191 Å². The fraction of sp³-hybridized carbons (Fsp3) is 0.0357. The van der Waals surface area contributed by atoms with Crippen molar-refractivity contribution in [3.8, 4) is 28.3 Å². The summed E-state index contributed by atoms with van der Waals surface area (Å²) < 4.78 is 0. The zero-order valence-corrected chi connectivity index (χ0v) is 18.1. The van der Waals surface area contributed by atoms with E-state index in [1.54, 1.807) is 6.07 Å². The van der Waals surface area contributed by atoms with Gasteiger partial charge in [-0.2, -0.15) is 5.10 Å². The number of rotatable bonds is 4. The van der Waals surface area contributed by atoms with Crippen LogP contribution in [-0.4, -0.2) is 20.8 Å². The van der Waals surface area contributed by atoms with Gasteiger partial charge in [0.1, 0.15) is 11.5 Å². The van der Waals surface area contributed by atoms with E-state index in [4.69, 9.17) is 15.8 Å². The highest BCUT2D eigenvalue weighted by Crippen LogP contribution is 2.31. The van der Waals surface area contributed by atoms with Crippen LogP contribution in [0.25, 0.3) is 33.3 Å². The second-order valence-electron chi connectivity index (χ2n) is 7.85. The molecular weight excluding hydrogens is 408 g/mol. The summed E-state index contributed by atoms with van der Waals surface area (Å²) in [6.45, 7) is 2.05. The van der Waals surface area contributed by atoms with E-state index < -0.39 is 0 Å². The predicted octanol–water partition coefficient (Wildman–Crippen LogP) is 5.69. The lowest BCUT2D eigenvalue weighted by Gasteiger charge is -2.13. The van der Waals surface area contributed by atoms with Gasteiger partial charge in [-0.05, 0) is 29.8 Å². The molecule has 5 heteroatoms. The molecule has 0 saturated carbocycles.